The lowest BCUT2D eigenvalue weighted by Crippen LogP contribution is -2.47. The Morgan fingerprint density at radius 2 is 1.39 bits per heavy atom. The molecule has 396 valence electrons. The number of nitrogens with zero attached hydrogens (tertiary/aromatic N) is 3. The van der Waals surface area contributed by atoms with Crippen molar-refractivity contribution >= 4 is 46.6 Å². The van der Waals surface area contributed by atoms with Gasteiger partial charge in [0.15, 0.2) is 0 Å². The Bertz CT molecular complexity index is 2740. The third-order valence-electron chi connectivity index (χ3n) is 11.4. The quantitative estimate of drug-likeness (QED) is 0.0115. The van der Waals surface area contributed by atoms with Crippen molar-refractivity contribution in [3.8, 4) is 39.8 Å². The van der Waals surface area contributed by atoms with Gasteiger partial charge in [0.1, 0.15) is 34.2 Å². The number of carbonyl (C=O) groups is 4. The number of methoxy groups -OCH3 is 1. The van der Waals surface area contributed by atoms with E-state index in [9.17, 15) is 37.9 Å². The molecule has 1 unspecified atom stereocenters. The van der Waals surface area contributed by atoms with Gasteiger partial charge >= 0.3 is 5.97 Å². The molecule has 6 rings (SSSR count). The molecular formula is C55H63N7O12S. The summed E-state index contributed by atoms with van der Waals surface area (Å²) < 4.78 is 52.5. The summed E-state index contributed by atoms with van der Waals surface area (Å²) in [5, 5.41) is 22.0. The summed E-state index contributed by atoms with van der Waals surface area (Å²) in [7, 11) is -2.45. The van der Waals surface area contributed by atoms with Gasteiger partial charge in [0.2, 0.25) is 17.7 Å². The Labute approximate surface area is 437 Å². The Morgan fingerprint density at radius 3 is 2.08 bits per heavy atom. The molecule has 1 atom stereocenters. The third kappa shape index (κ3) is 18.8. The zero-order chi connectivity index (χ0) is 53.3. The Hall–Kier alpha value is -7.88. The van der Waals surface area contributed by atoms with E-state index in [0.29, 0.717) is 68.4 Å². The van der Waals surface area contributed by atoms with Crippen LogP contribution in [0.5, 0.6) is 17.4 Å². The number of unbranched alkanes of at least 4 members (excludes halogenated alkanes) is 1. The average molecular weight is 1050 g/mol. The number of hydrazone groups is 1. The smallest absolute Gasteiger partial charge is 0.303 e. The van der Waals surface area contributed by atoms with Gasteiger partial charge in [0.05, 0.1) is 48.8 Å². The third-order valence-corrected chi connectivity index (χ3v) is 12.3. The van der Waals surface area contributed by atoms with Crippen LogP contribution in [0.4, 0.5) is 5.82 Å². The predicted octanol–water partition coefficient (Wildman–Crippen LogP) is 8.71. The number of carbonyl (C=O) groups excluding carboxylic acids is 3. The van der Waals surface area contributed by atoms with Gasteiger partial charge in [-0.3, -0.25) is 24.6 Å². The maximum Gasteiger partial charge on any atom is 0.303 e. The van der Waals surface area contributed by atoms with E-state index in [-0.39, 0.29) is 73.2 Å². The summed E-state index contributed by atoms with van der Waals surface area (Å²) in [5.74, 6) is -0.326. The Morgan fingerprint density at radius 1 is 0.693 bits per heavy atom. The zero-order valence-electron chi connectivity index (χ0n) is 41.6. The number of pyridine rings is 2. The van der Waals surface area contributed by atoms with E-state index in [0.717, 1.165) is 22.4 Å². The summed E-state index contributed by atoms with van der Waals surface area (Å²) in [6.45, 7) is 1.69. The van der Waals surface area contributed by atoms with E-state index in [1.165, 1.54) is 37.7 Å². The van der Waals surface area contributed by atoms with Crippen LogP contribution in [0.1, 0.15) is 66.4 Å². The second-order valence-electron chi connectivity index (χ2n) is 17.0. The first-order valence-electron chi connectivity index (χ1n) is 24.4. The fraction of sp³-hybridized carbons (Fsp3) is 0.291. The van der Waals surface area contributed by atoms with Crippen LogP contribution in [0.2, 0.25) is 0 Å². The molecule has 20 heteroatoms. The monoisotopic (exact) mass is 1050 g/mol. The summed E-state index contributed by atoms with van der Waals surface area (Å²) >= 11 is 0. The average Bonchev–Trinajstić information content (AvgIpc) is 3.41. The molecule has 8 N–H and O–H groups in total. The molecule has 19 nitrogen and oxygen atoms in total. The number of aromatic nitrogens is 2. The van der Waals surface area contributed by atoms with Crippen molar-refractivity contribution in [2.45, 2.75) is 62.3 Å². The SMILES string of the molecule is COCCNC(=O)C(CCCCNC(=O)CCCOc1cccc(OCCCOc2cc(-c3ccccc3)cc(-c3ccccc3)n2)c1CCC(=O)O)NC(=O)c1ccc(N/N=C/c2ccccc2S(O)(O)O)nc1. The highest BCUT2D eigenvalue weighted by atomic mass is 32.3. The van der Waals surface area contributed by atoms with Crippen LogP contribution >= 0.6 is 10.9 Å². The van der Waals surface area contributed by atoms with Gasteiger partial charge in [-0.2, -0.15) is 5.10 Å². The normalized spacial score (nSPS) is 11.8. The van der Waals surface area contributed by atoms with Crippen LogP contribution in [0.3, 0.4) is 0 Å². The number of hydrogen-bond acceptors (Lipinski definition) is 15. The fourth-order valence-corrected chi connectivity index (χ4v) is 8.26. The fourth-order valence-electron chi connectivity index (χ4n) is 7.56. The minimum absolute atomic E-state index is 0.0918. The first-order valence-corrected chi connectivity index (χ1v) is 25.9. The van der Waals surface area contributed by atoms with Crippen LogP contribution in [0.15, 0.2) is 144 Å². The molecule has 75 heavy (non-hydrogen) atoms. The van der Waals surface area contributed by atoms with Crippen LogP contribution in [0.25, 0.3) is 22.4 Å². The maximum absolute atomic E-state index is 13.2. The number of nitrogens with one attached hydrogen (secondary N) is 4. The minimum atomic E-state index is -3.96. The number of benzene rings is 4. The van der Waals surface area contributed by atoms with Gasteiger partial charge in [-0.15, -0.1) is 0 Å². The van der Waals surface area contributed by atoms with Crippen molar-refractivity contribution in [1.29, 1.82) is 0 Å². The van der Waals surface area contributed by atoms with Crippen molar-refractivity contribution < 1.29 is 56.9 Å². The van der Waals surface area contributed by atoms with Crippen LogP contribution in [-0.2, 0) is 25.5 Å². The number of ether oxygens (including phenoxy) is 4. The lowest BCUT2D eigenvalue weighted by atomic mass is 10.0. The van der Waals surface area contributed by atoms with E-state index < -0.39 is 34.7 Å². The lowest BCUT2D eigenvalue weighted by Gasteiger charge is -2.20. The first-order chi connectivity index (χ1) is 36.4. The molecule has 0 aliphatic carbocycles. The van der Waals surface area contributed by atoms with E-state index in [1.54, 1.807) is 36.4 Å². The van der Waals surface area contributed by atoms with Crippen molar-refractivity contribution in [2.24, 2.45) is 5.10 Å². The summed E-state index contributed by atoms with van der Waals surface area (Å²) in [6.07, 6.45) is 5.05. The minimum Gasteiger partial charge on any atom is -0.493 e. The lowest BCUT2D eigenvalue weighted by molar-refractivity contribution is -0.137. The van der Waals surface area contributed by atoms with Crippen LogP contribution in [-0.4, -0.2) is 111 Å². The Balaban J connectivity index is 0.925. The molecular weight excluding hydrogens is 983 g/mol. The maximum atomic E-state index is 13.2. The van der Waals surface area contributed by atoms with Gasteiger partial charge in [-0.25, -0.2) is 9.97 Å². The van der Waals surface area contributed by atoms with Crippen LogP contribution in [0, 0.1) is 0 Å². The summed E-state index contributed by atoms with van der Waals surface area (Å²) in [5.41, 5.74) is 7.55. The van der Waals surface area contributed by atoms with Crippen molar-refractivity contribution in [3.63, 3.8) is 0 Å². The number of carboxylic acid groups (broad SMARTS) is 1. The zero-order valence-corrected chi connectivity index (χ0v) is 42.4. The number of amides is 3. The molecule has 0 radical (unpaired) electrons. The molecule has 0 spiro atoms. The molecule has 0 saturated heterocycles. The summed E-state index contributed by atoms with van der Waals surface area (Å²) in [4.78, 5) is 59.6. The van der Waals surface area contributed by atoms with Gasteiger partial charge in [0.25, 0.3) is 5.91 Å². The largest absolute Gasteiger partial charge is 0.493 e. The highest BCUT2D eigenvalue weighted by Crippen LogP contribution is 2.44. The number of carboxylic acids is 1. The topological polar surface area (TPSA) is 272 Å². The van der Waals surface area contributed by atoms with Crippen molar-refractivity contribution in [3.05, 3.63) is 150 Å². The summed E-state index contributed by atoms with van der Waals surface area (Å²) in [6, 6.07) is 37.4. The van der Waals surface area contributed by atoms with Gasteiger partial charge in [0, 0.05) is 68.4 Å². The molecule has 0 aliphatic rings. The second kappa shape index (κ2) is 29.7. The molecule has 0 aliphatic heterocycles. The van der Waals surface area contributed by atoms with Crippen molar-refractivity contribution in [2.75, 3.05) is 52.1 Å². The molecule has 4 aromatic carbocycles. The van der Waals surface area contributed by atoms with E-state index in [1.807, 2.05) is 72.8 Å². The molecule has 0 fully saturated rings. The van der Waals surface area contributed by atoms with E-state index >= 15 is 0 Å². The molecule has 2 aromatic heterocycles. The molecule has 6 aromatic rings. The number of hydrogen-bond donors (Lipinski definition) is 8. The molecule has 3 amide bonds. The predicted molar refractivity (Wildman–Crippen MR) is 286 cm³/mol. The standard InChI is InChI=1S/C55H63N7O12S/c1-71-34-30-57-55(67)45(61-54(66)42-25-27-50(58-37-42)62-59-38-41-19-8-9-23-49(41)75(68,69)70)20-10-11-29-56-51(63)24-13-31-72-47-21-12-22-48(44(47)26-28-53(64)65)73-32-14-33-74-52-36-43(39-15-4-2-5-16-39)35-46(60-52)40-17-6-3-7-18-40/h2-9,12,15-19,21-23,25,27,35-38,45,68-70H,10-11,13-14,20,24,26,28-34H2,1H3,(H,56,63)(H,57,67)(H,58,62)(H,61,66)(H,64,65)/b59-38+. The van der Waals surface area contributed by atoms with Gasteiger partial charge in [-0.1, -0.05) is 84.9 Å². The first kappa shape index (κ1) is 56.4. The molecule has 0 saturated carbocycles. The second-order valence-corrected chi connectivity index (χ2v) is 18.4. The molecule has 0 bridgehead atoms. The van der Waals surface area contributed by atoms with Gasteiger partial charge < -0.3 is 53.7 Å². The molecule has 2 heterocycles. The van der Waals surface area contributed by atoms with E-state index in [4.69, 9.17) is 23.9 Å². The number of rotatable bonds is 31. The van der Waals surface area contributed by atoms with Crippen LogP contribution < -0.4 is 35.6 Å². The van der Waals surface area contributed by atoms with Crippen molar-refractivity contribution in [1.82, 2.24) is 25.9 Å². The highest BCUT2D eigenvalue weighted by molar-refractivity contribution is 8.19. The number of anilines is 1. The number of aliphatic carboxylic acids is 1. The highest BCUT2D eigenvalue weighted by Gasteiger charge is 2.22. The Kier molecular flexibility index (Phi) is 22.4. The van der Waals surface area contributed by atoms with E-state index in [2.05, 4.69) is 31.5 Å². The van der Waals surface area contributed by atoms with Gasteiger partial charge in [-0.05, 0) is 79.6 Å².